The molecule has 5 heteroatoms. The number of benzene rings is 1. The van der Waals surface area contributed by atoms with E-state index in [-0.39, 0.29) is 5.56 Å². The van der Waals surface area contributed by atoms with E-state index >= 15 is 0 Å². The van der Waals surface area contributed by atoms with E-state index in [4.69, 9.17) is 0 Å². The summed E-state index contributed by atoms with van der Waals surface area (Å²) in [5.41, 5.74) is 0.0543. The largest absolute Gasteiger partial charge is 0.387 e. The summed E-state index contributed by atoms with van der Waals surface area (Å²) in [6, 6.07) is 3.96. The van der Waals surface area contributed by atoms with Crippen LogP contribution in [0.1, 0.15) is 44.3 Å². The number of aliphatic hydroxyl groups is 1. The molecule has 24 heavy (non-hydrogen) atoms. The molecular weight excluding hydrogens is 310 g/mol. The van der Waals surface area contributed by atoms with Crippen molar-refractivity contribution in [3.05, 3.63) is 35.4 Å². The fourth-order valence-corrected chi connectivity index (χ4v) is 4.03. The zero-order chi connectivity index (χ0) is 17.1. The van der Waals surface area contributed by atoms with Gasteiger partial charge in [0.1, 0.15) is 11.6 Å². The normalized spacial score (nSPS) is 28.0. The van der Waals surface area contributed by atoms with Crippen LogP contribution in [0, 0.1) is 17.6 Å². The van der Waals surface area contributed by atoms with Gasteiger partial charge in [-0.3, -0.25) is 9.80 Å². The minimum absolute atomic E-state index is 0.0543. The third kappa shape index (κ3) is 4.32. The number of piperazine rings is 1. The van der Waals surface area contributed by atoms with Crippen molar-refractivity contribution < 1.29 is 13.9 Å². The number of halogens is 2. The molecule has 0 radical (unpaired) electrons. The van der Waals surface area contributed by atoms with Gasteiger partial charge in [-0.25, -0.2) is 8.78 Å². The van der Waals surface area contributed by atoms with Crippen LogP contribution in [0.4, 0.5) is 8.78 Å². The monoisotopic (exact) mass is 338 g/mol. The molecule has 1 unspecified atom stereocenters. The van der Waals surface area contributed by atoms with Crippen LogP contribution >= 0.6 is 0 Å². The summed E-state index contributed by atoms with van der Waals surface area (Å²) in [6.07, 6.45) is 4.24. The van der Waals surface area contributed by atoms with E-state index in [9.17, 15) is 13.9 Å². The summed E-state index contributed by atoms with van der Waals surface area (Å²) in [6.45, 7) is 6.44. The molecular formula is C19H28F2N2O. The molecule has 2 aliphatic rings. The molecule has 1 aliphatic carbocycles. The highest BCUT2D eigenvalue weighted by molar-refractivity contribution is 5.21. The van der Waals surface area contributed by atoms with Gasteiger partial charge in [-0.2, -0.15) is 0 Å². The standard InChI is InChI=1S/C19H28F2N2O/c1-14-2-5-16(6-3-14)23-10-8-22(9-11-23)13-19(24)17-12-15(20)4-7-18(17)21/h4,7,12,14,16,19,24H,2-3,5-6,8-11,13H2,1H3. The van der Waals surface area contributed by atoms with Gasteiger partial charge in [0.2, 0.25) is 0 Å². The molecule has 1 heterocycles. The molecule has 1 saturated carbocycles. The third-order valence-electron chi connectivity index (χ3n) is 5.66. The van der Waals surface area contributed by atoms with Gasteiger partial charge in [0.25, 0.3) is 0 Å². The molecule has 1 saturated heterocycles. The predicted molar refractivity (Wildman–Crippen MR) is 90.8 cm³/mol. The van der Waals surface area contributed by atoms with Crippen LogP contribution in [0.3, 0.4) is 0 Å². The van der Waals surface area contributed by atoms with Crippen LogP contribution in [0.15, 0.2) is 18.2 Å². The first kappa shape index (κ1) is 17.8. The quantitative estimate of drug-likeness (QED) is 0.913. The van der Waals surface area contributed by atoms with Gasteiger partial charge in [0, 0.05) is 44.3 Å². The summed E-state index contributed by atoms with van der Waals surface area (Å²) in [4.78, 5) is 4.72. The molecule has 1 atom stereocenters. The summed E-state index contributed by atoms with van der Waals surface area (Å²) in [7, 11) is 0. The van der Waals surface area contributed by atoms with Crippen molar-refractivity contribution in [2.75, 3.05) is 32.7 Å². The number of nitrogens with zero attached hydrogens (tertiary/aromatic N) is 2. The number of β-amino-alcohol motifs (C(OH)–C–C–N with tert-alkyl or cyclic N) is 1. The van der Waals surface area contributed by atoms with E-state index in [1.807, 2.05) is 0 Å². The van der Waals surface area contributed by atoms with Crippen LogP contribution < -0.4 is 0 Å². The van der Waals surface area contributed by atoms with E-state index in [2.05, 4.69) is 16.7 Å². The van der Waals surface area contributed by atoms with Crippen molar-refractivity contribution in [2.24, 2.45) is 5.92 Å². The maximum atomic E-state index is 13.8. The third-order valence-corrected chi connectivity index (χ3v) is 5.66. The molecule has 2 fully saturated rings. The topological polar surface area (TPSA) is 26.7 Å². The lowest BCUT2D eigenvalue weighted by atomic mass is 9.86. The fourth-order valence-electron chi connectivity index (χ4n) is 4.03. The Kier molecular flexibility index (Phi) is 5.85. The smallest absolute Gasteiger partial charge is 0.129 e. The summed E-state index contributed by atoms with van der Waals surface area (Å²) in [5.74, 6) is -0.195. The second kappa shape index (κ2) is 7.89. The van der Waals surface area contributed by atoms with Gasteiger partial charge in [0.05, 0.1) is 6.10 Å². The molecule has 0 amide bonds. The predicted octanol–water partition coefficient (Wildman–Crippen LogP) is 3.19. The van der Waals surface area contributed by atoms with Gasteiger partial charge in [-0.1, -0.05) is 6.92 Å². The van der Waals surface area contributed by atoms with Crippen LogP contribution in [-0.4, -0.2) is 53.7 Å². The SMILES string of the molecule is CC1CCC(N2CCN(CC(O)c3cc(F)ccc3F)CC2)CC1. The minimum Gasteiger partial charge on any atom is -0.387 e. The summed E-state index contributed by atoms with van der Waals surface area (Å²) >= 11 is 0. The lowest BCUT2D eigenvalue weighted by Crippen LogP contribution is -2.51. The van der Waals surface area contributed by atoms with Crippen molar-refractivity contribution in [3.63, 3.8) is 0 Å². The van der Waals surface area contributed by atoms with E-state index in [1.54, 1.807) is 0 Å². The second-order valence-electron chi connectivity index (χ2n) is 7.43. The Morgan fingerprint density at radius 3 is 2.42 bits per heavy atom. The maximum Gasteiger partial charge on any atom is 0.129 e. The Bertz CT molecular complexity index is 538. The first-order chi connectivity index (χ1) is 11.5. The van der Waals surface area contributed by atoms with Crippen LogP contribution in [0.25, 0.3) is 0 Å². The van der Waals surface area contributed by atoms with Crippen molar-refractivity contribution >= 4 is 0 Å². The summed E-state index contributed by atoms with van der Waals surface area (Å²) < 4.78 is 27.0. The second-order valence-corrected chi connectivity index (χ2v) is 7.43. The van der Waals surface area contributed by atoms with Crippen molar-refractivity contribution in [3.8, 4) is 0 Å². The van der Waals surface area contributed by atoms with E-state index in [0.29, 0.717) is 12.6 Å². The van der Waals surface area contributed by atoms with Gasteiger partial charge >= 0.3 is 0 Å². The van der Waals surface area contributed by atoms with Crippen molar-refractivity contribution in [1.82, 2.24) is 9.80 Å². The molecule has 0 spiro atoms. The average Bonchev–Trinajstić information content (AvgIpc) is 2.58. The molecule has 1 aromatic rings. The van der Waals surface area contributed by atoms with Crippen LogP contribution in [0.5, 0.6) is 0 Å². The molecule has 1 aromatic carbocycles. The van der Waals surface area contributed by atoms with Gasteiger partial charge < -0.3 is 5.11 Å². The molecule has 1 aliphatic heterocycles. The number of hydrogen-bond donors (Lipinski definition) is 1. The molecule has 1 N–H and O–H groups in total. The highest BCUT2D eigenvalue weighted by atomic mass is 19.1. The maximum absolute atomic E-state index is 13.8. The van der Waals surface area contributed by atoms with E-state index in [1.165, 1.54) is 25.7 Å². The van der Waals surface area contributed by atoms with Gasteiger partial charge in [-0.15, -0.1) is 0 Å². The molecule has 3 rings (SSSR count). The van der Waals surface area contributed by atoms with Gasteiger partial charge in [0.15, 0.2) is 0 Å². The highest BCUT2D eigenvalue weighted by Gasteiger charge is 2.28. The Labute approximate surface area is 143 Å². The van der Waals surface area contributed by atoms with Gasteiger partial charge in [-0.05, 0) is 49.8 Å². The molecule has 0 bridgehead atoms. The van der Waals surface area contributed by atoms with E-state index < -0.39 is 17.7 Å². The molecule has 3 nitrogen and oxygen atoms in total. The number of aliphatic hydroxyl groups excluding tert-OH is 1. The van der Waals surface area contributed by atoms with Crippen LogP contribution in [0.2, 0.25) is 0 Å². The average molecular weight is 338 g/mol. The Hall–Kier alpha value is -1.04. The Morgan fingerprint density at radius 1 is 1.08 bits per heavy atom. The first-order valence-corrected chi connectivity index (χ1v) is 9.12. The number of rotatable bonds is 4. The first-order valence-electron chi connectivity index (χ1n) is 9.12. The van der Waals surface area contributed by atoms with E-state index in [0.717, 1.165) is 50.3 Å². The lowest BCUT2D eigenvalue weighted by molar-refractivity contribution is 0.0429. The molecule has 134 valence electrons. The Morgan fingerprint density at radius 2 is 1.75 bits per heavy atom. The zero-order valence-electron chi connectivity index (χ0n) is 14.4. The minimum atomic E-state index is -0.984. The van der Waals surface area contributed by atoms with Crippen LogP contribution in [-0.2, 0) is 0 Å². The van der Waals surface area contributed by atoms with Crippen molar-refractivity contribution in [1.29, 1.82) is 0 Å². The lowest BCUT2D eigenvalue weighted by Gasteiger charge is -2.42. The Balaban J connectivity index is 1.49. The zero-order valence-corrected chi connectivity index (χ0v) is 14.4. The summed E-state index contributed by atoms with van der Waals surface area (Å²) in [5, 5.41) is 10.3. The highest BCUT2D eigenvalue weighted by Crippen LogP contribution is 2.28. The van der Waals surface area contributed by atoms with Crippen molar-refractivity contribution in [2.45, 2.75) is 44.8 Å². The number of hydrogen-bond acceptors (Lipinski definition) is 3. The molecule has 0 aromatic heterocycles. The fraction of sp³-hybridized carbons (Fsp3) is 0.684.